The smallest absolute Gasteiger partial charge is 0.303 e. The van der Waals surface area contributed by atoms with Crippen molar-refractivity contribution in [2.45, 2.75) is 19.3 Å². The van der Waals surface area contributed by atoms with Crippen molar-refractivity contribution >= 4 is 5.97 Å². The van der Waals surface area contributed by atoms with Crippen LogP contribution in [0.2, 0.25) is 0 Å². The van der Waals surface area contributed by atoms with Gasteiger partial charge in [-0.15, -0.1) is 6.42 Å². The molecule has 0 amide bonds. The van der Waals surface area contributed by atoms with Gasteiger partial charge in [0.1, 0.15) is 0 Å². The maximum absolute atomic E-state index is 10.5. The van der Waals surface area contributed by atoms with E-state index in [4.69, 9.17) is 11.5 Å². The number of rotatable bonds is 3. The largest absolute Gasteiger partial charge is 0.481 e. The molecule has 3 heteroatoms. The number of carboxylic acid groups (broad SMARTS) is 1. The monoisotopic (exact) mass is 181 g/mol. The van der Waals surface area contributed by atoms with E-state index >= 15 is 0 Å². The van der Waals surface area contributed by atoms with Crippen LogP contribution >= 0.6 is 0 Å². The molecule has 1 N–H and O–H groups in total. The minimum absolute atomic E-state index is 0.279. The zero-order valence-corrected chi connectivity index (χ0v) is 7.70. The predicted octanol–water partition coefficient (Wildman–Crippen LogP) is 0.806. The van der Waals surface area contributed by atoms with Gasteiger partial charge in [0.2, 0.25) is 0 Å². The summed E-state index contributed by atoms with van der Waals surface area (Å²) in [4.78, 5) is 12.6. The molecule has 1 unspecified atom stereocenters. The van der Waals surface area contributed by atoms with Crippen molar-refractivity contribution in [3.63, 3.8) is 0 Å². The SMILES string of the molecule is C#CCN1CCCC(CC(=O)O)C1. The van der Waals surface area contributed by atoms with E-state index in [0.29, 0.717) is 12.5 Å². The number of likely N-dealkylation sites (tertiary alicyclic amines) is 1. The second-order valence-corrected chi connectivity index (χ2v) is 3.55. The number of hydrogen-bond acceptors (Lipinski definition) is 2. The average Bonchev–Trinajstić information content (AvgIpc) is 2.04. The van der Waals surface area contributed by atoms with Gasteiger partial charge in [0.15, 0.2) is 0 Å². The van der Waals surface area contributed by atoms with Crippen LogP contribution in [0.1, 0.15) is 19.3 Å². The Balaban J connectivity index is 2.33. The maximum Gasteiger partial charge on any atom is 0.303 e. The topological polar surface area (TPSA) is 40.5 Å². The molecule has 1 heterocycles. The molecule has 0 radical (unpaired) electrons. The molecular weight excluding hydrogens is 166 g/mol. The van der Waals surface area contributed by atoms with Crippen molar-refractivity contribution in [2.75, 3.05) is 19.6 Å². The minimum atomic E-state index is -0.701. The molecule has 3 nitrogen and oxygen atoms in total. The Labute approximate surface area is 78.7 Å². The molecule has 1 fully saturated rings. The molecule has 1 atom stereocenters. The molecule has 0 saturated carbocycles. The number of nitrogens with zero attached hydrogens (tertiary/aromatic N) is 1. The van der Waals surface area contributed by atoms with Crippen LogP contribution in [-0.4, -0.2) is 35.6 Å². The molecule has 0 aromatic carbocycles. The Morgan fingerprint density at radius 3 is 3.08 bits per heavy atom. The molecule has 0 aromatic heterocycles. The van der Waals surface area contributed by atoms with E-state index in [9.17, 15) is 4.79 Å². The van der Waals surface area contributed by atoms with E-state index < -0.39 is 5.97 Å². The highest BCUT2D eigenvalue weighted by Crippen LogP contribution is 2.18. The second-order valence-electron chi connectivity index (χ2n) is 3.55. The Bertz CT molecular complexity index is 219. The highest BCUT2D eigenvalue weighted by Gasteiger charge is 2.20. The van der Waals surface area contributed by atoms with Gasteiger partial charge >= 0.3 is 5.97 Å². The first-order chi connectivity index (χ1) is 6.22. The van der Waals surface area contributed by atoms with E-state index in [1.807, 2.05) is 0 Å². The van der Waals surface area contributed by atoms with Gasteiger partial charge < -0.3 is 5.11 Å². The molecule has 1 saturated heterocycles. The summed E-state index contributed by atoms with van der Waals surface area (Å²) in [6.45, 7) is 2.51. The van der Waals surface area contributed by atoms with Crippen molar-refractivity contribution in [1.82, 2.24) is 4.90 Å². The molecule has 0 aromatic rings. The van der Waals surface area contributed by atoms with Crippen LogP contribution < -0.4 is 0 Å². The fourth-order valence-corrected chi connectivity index (χ4v) is 1.84. The van der Waals surface area contributed by atoms with E-state index in [2.05, 4.69) is 10.8 Å². The van der Waals surface area contributed by atoms with Crippen molar-refractivity contribution in [3.05, 3.63) is 0 Å². The van der Waals surface area contributed by atoms with Gasteiger partial charge in [-0.3, -0.25) is 9.69 Å². The quantitative estimate of drug-likeness (QED) is 0.655. The van der Waals surface area contributed by atoms with Crippen LogP contribution in [0.25, 0.3) is 0 Å². The van der Waals surface area contributed by atoms with Gasteiger partial charge in [-0.05, 0) is 25.3 Å². The second kappa shape index (κ2) is 4.88. The van der Waals surface area contributed by atoms with Crippen molar-refractivity contribution in [1.29, 1.82) is 0 Å². The number of aliphatic carboxylic acids is 1. The molecule has 1 rings (SSSR count). The zero-order valence-electron chi connectivity index (χ0n) is 7.70. The maximum atomic E-state index is 10.5. The zero-order chi connectivity index (χ0) is 9.68. The van der Waals surface area contributed by atoms with Gasteiger partial charge in [-0.2, -0.15) is 0 Å². The van der Waals surface area contributed by atoms with Crippen LogP contribution in [-0.2, 0) is 4.79 Å². The van der Waals surface area contributed by atoms with Gasteiger partial charge in [0, 0.05) is 13.0 Å². The first kappa shape index (κ1) is 10.1. The third kappa shape index (κ3) is 3.47. The summed E-state index contributed by atoms with van der Waals surface area (Å²) in [5, 5.41) is 8.62. The standard InChI is InChI=1S/C10H15NO2/c1-2-5-11-6-3-4-9(8-11)7-10(12)13/h1,9H,3-8H2,(H,12,13). The van der Waals surface area contributed by atoms with Gasteiger partial charge in [-0.1, -0.05) is 5.92 Å². The number of carboxylic acids is 1. The van der Waals surface area contributed by atoms with E-state index in [0.717, 1.165) is 25.9 Å². The summed E-state index contributed by atoms with van der Waals surface area (Å²) < 4.78 is 0. The third-order valence-corrected chi connectivity index (χ3v) is 2.38. The summed E-state index contributed by atoms with van der Waals surface area (Å²) >= 11 is 0. The fraction of sp³-hybridized carbons (Fsp3) is 0.700. The van der Waals surface area contributed by atoms with Crippen molar-refractivity contribution in [2.24, 2.45) is 5.92 Å². The molecular formula is C10H15NO2. The average molecular weight is 181 g/mol. The van der Waals surface area contributed by atoms with Crippen LogP contribution in [0.3, 0.4) is 0 Å². The third-order valence-electron chi connectivity index (χ3n) is 2.38. The summed E-state index contributed by atoms with van der Waals surface area (Å²) in [6.07, 6.45) is 7.57. The van der Waals surface area contributed by atoms with Crippen LogP contribution in [0.5, 0.6) is 0 Å². The minimum Gasteiger partial charge on any atom is -0.481 e. The van der Waals surface area contributed by atoms with Gasteiger partial charge in [0.25, 0.3) is 0 Å². The number of piperidine rings is 1. The Kier molecular flexibility index (Phi) is 3.78. The molecule has 0 bridgehead atoms. The Morgan fingerprint density at radius 1 is 1.69 bits per heavy atom. The Hall–Kier alpha value is -1.01. The van der Waals surface area contributed by atoms with E-state index in [1.54, 1.807) is 0 Å². The number of terminal acetylenes is 1. The summed E-state index contributed by atoms with van der Waals surface area (Å²) in [5.41, 5.74) is 0. The molecule has 13 heavy (non-hydrogen) atoms. The Morgan fingerprint density at radius 2 is 2.46 bits per heavy atom. The lowest BCUT2D eigenvalue weighted by Gasteiger charge is -2.30. The molecule has 1 aliphatic heterocycles. The first-order valence-corrected chi connectivity index (χ1v) is 4.60. The normalized spacial score (nSPS) is 23.8. The van der Waals surface area contributed by atoms with E-state index in [-0.39, 0.29) is 6.42 Å². The highest BCUT2D eigenvalue weighted by molar-refractivity contribution is 5.67. The molecule has 0 aliphatic carbocycles. The summed E-state index contributed by atoms with van der Waals surface area (Å²) in [7, 11) is 0. The lowest BCUT2D eigenvalue weighted by Crippen LogP contribution is -2.36. The lowest BCUT2D eigenvalue weighted by molar-refractivity contribution is -0.138. The number of carbonyl (C=O) groups is 1. The number of hydrogen-bond donors (Lipinski definition) is 1. The summed E-state index contributed by atoms with van der Waals surface area (Å²) in [6, 6.07) is 0. The summed E-state index contributed by atoms with van der Waals surface area (Å²) in [5.74, 6) is 2.18. The van der Waals surface area contributed by atoms with Crippen LogP contribution in [0.4, 0.5) is 0 Å². The van der Waals surface area contributed by atoms with E-state index in [1.165, 1.54) is 0 Å². The predicted molar refractivity (Wildman–Crippen MR) is 50.2 cm³/mol. The van der Waals surface area contributed by atoms with Gasteiger partial charge in [0.05, 0.1) is 6.54 Å². The van der Waals surface area contributed by atoms with Crippen molar-refractivity contribution < 1.29 is 9.90 Å². The van der Waals surface area contributed by atoms with Crippen molar-refractivity contribution in [3.8, 4) is 12.3 Å². The first-order valence-electron chi connectivity index (χ1n) is 4.60. The lowest BCUT2D eigenvalue weighted by atomic mass is 9.95. The molecule has 1 aliphatic rings. The van der Waals surface area contributed by atoms with Crippen LogP contribution in [0.15, 0.2) is 0 Å². The fourth-order valence-electron chi connectivity index (χ4n) is 1.84. The molecule has 72 valence electrons. The highest BCUT2D eigenvalue weighted by atomic mass is 16.4. The van der Waals surface area contributed by atoms with Crippen LogP contribution in [0, 0.1) is 18.3 Å². The molecule has 0 spiro atoms. The van der Waals surface area contributed by atoms with Gasteiger partial charge in [-0.25, -0.2) is 0 Å².